The highest BCUT2D eigenvalue weighted by Crippen LogP contribution is 2.27. The van der Waals surface area contributed by atoms with E-state index >= 15 is 0 Å². The van der Waals surface area contributed by atoms with Crippen molar-refractivity contribution in [3.8, 4) is 0 Å². The minimum absolute atomic E-state index is 0.00500. The molecular weight excluding hydrogens is 330 g/mol. The van der Waals surface area contributed by atoms with Crippen molar-refractivity contribution in [2.45, 2.75) is 13.3 Å². The van der Waals surface area contributed by atoms with Gasteiger partial charge in [-0.25, -0.2) is 8.42 Å². The number of carbonyl (C=O) groups excluding carboxylic acids is 1. The lowest BCUT2D eigenvalue weighted by molar-refractivity contribution is 0.101. The quantitative estimate of drug-likeness (QED) is 0.771. The van der Waals surface area contributed by atoms with Crippen LogP contribution >= 0.6 is 15.9 Å². The van der Waals surface area contributed by atoms with E-state index in [4.69, 9.17) is 0 Å². The fourth-order valence-corrected chi connectivity index (χ4v) is 3.86. The number of Topliss-reactive ketones (excluding diaryl/α,β-unsaturated/α-hetero) is 1. The molecule has 1 heterocycles. The predicted octanol–water partition coefficient (Wildman–Crippen LogP) is 2.28. The summed E-state index contributed by atoms with van der Waals surface area (Å²) < 4.78 is 24.1. The molecular formula is C13H16BrNO3S. The number of halogens is 1. The van der Waals surface area contributed by atoms with Crippen molar-refractivity contribution in [2.75, 3.05) is 29.5 Å². The highest BCUT2D eigenvalue weighted by atomic mass is 79.9. The SMILES string of the molecule is CC(=O)c1ccc(Br)cc1N1CCCS(=O)(=O)CC1. The van der Waals surface area contributed by atoms with Crippen LogP contribution in [-0.4, -0.2) is 38.8 Å². The smallest absolute Gasteiger partial charge is 0.161 e. The fourth-order valence-electron chi connectivity index (χ4n) is 2.24. The van der Waals surface area contributed by atoms with E-state index < -0.39 is 9.84 Å². The van der Waals surface area contributed by atoms with E-state index in [1.54, 1.807) is 6.07 Å². The second-order valence-corrected chi connectivity index (χ2v) is 7.93. The van der Waals surface area contributed by atoms with Crippen molar-refractivity contribution in [3.63, 3.8) is 0 Å². The number of anilines is 1. The number of benzene rings is 1. The Labute approximate surface area is 121 Å². The first kappa shape index (κ1) is 14.5. The Hall–Kier alpha value is -0.880. The average Bonchev–Trinajstić information content (AvgIpc) is 2.49. The first-order chi connectivity index (χ1) is 8.89. The molecule has 0 radical (unpaired) electrons. The number of rotatable bonds is 2. The Bertz CT molecular complexity index is 598. The summed E-state index contributed by atoms with van der Waals surface area (Å²) in [5.41, 5.74) is 1.46. The van der Waals surface area contributed by atoms with Crippen LogP contribution in [-0.2, 0) is 9.84 Å². The maximum atomic E-state index is 11.7. The molecule has 104 valence electrons. The van der Waals surface area contributed by atoms with Crippen molar-refractivity contribution in [1.82, 2.24) is 0 Å². The van der Waals surface area contributed by atoms with Crippen LogP contribution in [0.1, 0.15) is 23.7 Å². The zero-order valence-electron chi connectivity index (χ0n) is 10.7. The predicted molar refractivity (Wildman–Crippen MR) is 79.6 cm³/mol. The second-order valence-electron chi connectivity index (χ2n) is 4.71. The third-order valence-corrected chi connectivity index (χ3v) is 5.44. The molecule has 6 heteroatoms. The van der Waals surface area contributed by atoms with Gasteiger partial charge < -0.3 is 4.90 Å². The highest BCUT2D eigenvalue weighted by Gasteiger charge is 2.21. The monoisotopic (exact) mass is 345 g/mol. The largest absolute Gasteiger partial charge is 0.370 e. The molecule has 1 fully saturated rings. The maximum Gasteiger partial charge on any atom is 0.161 e. The van der Waals surface area contributed by atoms with Gasteiger partial charge in [0, 0.05) is 28.8 Å². The fraction of sp³-hybridized carbons (Fsp3) is 0.462. The molecule has 19 heavy (non-hydrogen) atoms. The maximum absolute atomic E-state index is 11.7. The highest BCUT2D eigenvalue weighted by molar-refractivity contribution is 9.10. The van der Waals surface area contributed by atoms with Crippen molar-refractivity contribution in [2.24, 2.45) is 0 Å². The van der Waals surface area contributed by atoms with E-state index in [2.05, 4.69) is 15.9 Å². The Balaban J connectivity index is 2.35. The molecule has 0 spiro atoms. The van der Waals surface area contributed by atoms with Gasteiger partial charge in [-0.05, 0) is 31.5 Å². The number of hydrogen-bond acceptors (Lipinski definition) is 4. The average molecular weight is 346 g/mol. The number of nitrogens with zero attached hydrogens (tertiary/aromatic N) is 1. The molecule has 0 amide bonds. The van der Waals surface area contributed by atoms with Gasteiger partial charge in [0.15, 0.2) is 15.6 Å². The molecule has 0 aliphatic carbocycles. The summed E-state index contributed by atoms with van der Waals surface area (Å²) in [6.07, 6.45) is 0.603. The first-order valence-corrected chi connectivity index (χ1v) is 8.76. The van der Waals surface area contributed by atoms with Crippen LogP contribution < -0.4 is 4.90 Å². The van der Waals surface area contributed by atoms with E-state index in [1.165, 1.54) is 6.92 Å². The minimum Gasteiger partial charge on any atom is -0.370 e. The lowest BCUT2D eigenvalue weighted by atomic mass is 10.1. The van der Waals surface area contributed by atoms with Gasteiger partial charge in [-0.2, -0.15) is 0 Å². The van der Waals surface area contributed by atoms with Crippen molar-refractivity contribution < 1.29 is 13.2 Å². The minimum atomic E-state index is -2.94. The van der Waals surface area contributed by atoms with Crippen LogP contribution in [0.4, 0.5) is 5.69 Å². The Morgan fingerprint density at radius 1 is 1.26 bits per heavy atom. The number of ketones is 1. The van der Waals surface area contributed by atoms with E-state index in [-0.39, 0.29) is 17.3 Å². The van der Waals surface area contributed by atoms with E-state index in [0.717, 1.165) is 10.2 Å². The van der Waals surface area contributed by atoms with Crippen molar-refractivity contribution in [1.29, 1.82) is 0 Å². The van der Waals surface area contributed by atoms with E-state index in [0.29, 0.717) is 25.1 Å². The van der Waals surface area contributed by atoms with Crippen LogP contribution in [0.15, 0.2) is 22.7 Å². The molecule has 0 atom stereocenters. The lowest BCUT2D eigenvalue weighted by Gasteiger charge is -2.24. The zero-order valence-corrected chi connectivity index (χ0v) is 13.1. The summed E-state index contributed by atoms with van der Waals surface area (Å²) >= 11 is 3.40. The Morgan fingerprint density at radius 3 is 2.68 bits per heavy atom. The molecule has 1 aliphatic heterocycles. The summed E-state index contributed by atoms with van der Waals surface area (Å²) in [6.45, 7) is 2.64. The van der Waals surface area contributed by atoms with Gasteiger partial charge in [-0.1, -0.05) is 15.9 Å². The van der Waals surface area contributed by atoms with Gasteiger partial charge in [0.25, 0.3) is 0 Å². The lowest BCUT2D eigenvalue weighted by Crippen LogP contribution is -2.28. The molecule has 0 unspecified atom stereocenters. The normalized spacial score (nSPS) is 18.9. The molecule has 0 saturated carbocycles. The van der Waals surface area contributed by atoms with Crippen LogP contribution in [0.3, 0.4) is 0 Å². The molecule has 1 aromatic rings. The summed E-state index contributed by atoms with van der Waals surface area (Å²) in [5, 5.41) is 0. The van der Waals surface area contributed by atoms with Crippen LogP contribution in [0.2, 0.25) is 0 Å². The number of sulfone groups is 1. The molecule has 0 N–H and O–H groups in total. The molecule has 1 saturated heterocycles. The van der Waals surface area contributed by atoms with Crippen LogP contribution in [0, 0.1) is 0 Å². The topological polar surface area (TPSA) is 54.5 Å². The summed E-state index contributed by atoms with van der Waals surface area (Å²) in [7, 11) is -2.94. The standard InChI is InChI=1S/C13H16BrNO3S/c1-10(16)12-4-3-11(14)9-13(12)15-5-2-7-19(17,18)8-6-15/h3-4,9H,2,5-8H2,1H3. The van der Waals surface area contributed by atoms with Crippen LogP contribution in [0.25, 0.3) is 0 Å². The van der Waals surface area contributed by atoms with Crippen LogP contribution in [0.5, 0.6) is 0 Å². The Morgan fingerprint density at radius 2 is 2.00 bits per heavy atom. The summed E-state index contributed by atoms with van der Waals surface area (Å²) in [4.78, 5) is 13.7. The third kappa shape index (κ3) is 3.57. The van der Waals surface area contributed by atoms with E-state index in [9.17, 15) is 13.2 Å². The number of carbonyl (C=O) groups is 1. The molecule has 4 nitrogen and oxygen atoms in total. The molecule has 1 aromatic carbocycles. The van der Waals surface area contributed by atoms with Gasteiger partial charge in [0.1, 0.15) is 0 Å². The van der Waals surface area contributed by atoms with Crippen molar-refractivity contribution in [3.05, 3.63) is 28.2 Å². The zero-order chi connectivity index (χ0) is 14.0. The first-order valence-electron chi connectivity index (χ1n) is 6.15. The van der Waals surface area contributed by atoms with Gasteiger partial charge in [-0.15, -0.1) is 0 Å². The second kappa shape index (κ2) is 5.63. The van der Waals surface area contributed by atoms with Crippen molar-refractivity contribution >= 4 is 37.2 Å². The van der Waals surface area contributed by atoms with Gasteiger partial charge >= 0.3 is 0 Å². The molecule has 0 bridgehead atoms. The van der Waals surface area contributed by atoms with Gasteiger partial charge in [-0.3, -0.25) is 4.79 Å². The van der Waals surface area contributed by atoms with Gasteiger partial charge in [0.05, 0.1) is 11.5 Å². The number of hydrogen-bond donors (Lipinski definition) is 0. The van der Waals surface area contributed by atoms with E-state index in [1.807, 2.05) is 17.0 Å². The van der Waals surface area contributed by atoms with Gasteiger partial charge in [0.2, 0.25) is 0 Å². The molecule has 2 rings (SSSR count). The summed E-state index contributed by atoms with van der Waals surface area (Å²) in [5.74, 6) is 0.374. The molecule has 1 aliphatic rings. The third-order valence-electron chi connectivity index (χ3n) is 3.24. The Kier molecular flexibility index (Phi) is 4.30. The molecule has 0 aromatic heterocycles. The summed E-state index contributed by atoms with van der Waals surface area (Å²) in [6, 6.07) is 5.49.